The SMILES string of the molecule is Cc1cccc(COC(=O)c2c(N)c(C)nn2C)c1. The van der Waals surface area contributed by atoms with Gasteiger partial charge in [0, 0.05) is 7.05 Å². The number of benzene rings is 1. The van der Waals surface area contributed by atoms with Gasteiger partial charge in [0.15, 0.2) is 5.69 Å². The van der Waals surface area contributed by atoms with Gasteiger partial charge in [0.1, 0.15) is 6.61 Å². The van der Waals surface area contributed by atoms with Crippen molar-refractivity contribution >= 4 is 11.7 Å². The van der Waals surface area contributed by atoms with Crippen LogP contribution in [-0.2, 0) is 18.4 Å². The van der Waals surface area contributed by atoms with Crippen LogP contribution in [0.5, 0.6) is 0 Å². The van der Waals surface area contributed by atoms with E-state index in [4.69, 9.17) is 10.5 Å². The highest BCUT2D eigenvalue weighted by atomic mass is 16.5. The second kappa shape index (κ2) is 5.14. The maximum Gasteiger partial charge on any atom is 0.359 e. The van der Waals surface area contributed by atoms with Crippen LogP contribution in [0.15, 0.2) is 24.3 Å². The smallest absolute Gasteiger partial charge is 0.359 e. The first-order valence-corrected chi connectivity index (χ1v) is 6.00. The fourth-order valence-electron chi connectivity index (χ4n) is 1.94. The Morgan fingerprint density at radius 3 is 2.74 bits per heavy atom. The van der Waals surface area contributed by atoms with Gasteiger partial charge in [0.2, 0.25) is 0 Å². The van der Waals surface area contributed by atoms with Gasteiger partial charge >= 0.3 is 5.97 Å². The minimum Gasteiger partial charge on any atom is -0.456 e. The van der Waals surface area contributed by atoms with Crippen molar-refractivity contribution in [1.29, 1.82) is 0 Å². The van der Waals surface area contributed by atoms with Gasteiger partial charge in [-0.25, -0.2) is 4.79 Å². The molecule has 0 fully saturated rings. The highest BCUT2D eigenvalue weighted by molar-refractivity contribution is 5.93. The van der Waals surface area contributed by atoms with Gasteiger partial charge in [-0.15, -0.1) is 0 Å². The molecule has 1 aromatic heterocycles. The molecule has 0 saturated heterocycles. The van der Waals surface area contributed by atoms with Crippen LogP contribution >= 0.6 is 0 Å². The molecule has 0 aliphatic heterocycles. The number of nitrogens with two attached hydrogens (primary N) is 1. The van der Waals surface area contributed by atoms with E-state index in [1.54, 1.807) is 14.0 Å². The van der Waals surface area contributed by atoms with Crippen LogP contribution < -0.4 is 5.73 Å². The van der Waals surface area contributed by atoms with Crippen LogP contribution in [-0.4, -0.2) is 15.7 Å². The molecule has 1 aromatic carbocycles. The second-order valence-corrected chi connectivity index (χ2v) is 4.54. The van der Waals surface area contributed by atoms with Gasteiger partial charge in [0.25, 0.3) is 0 Å². The van der Waals surface area contributed by atoms with Crippen LogP contribution in [0.4, 0.5) is 5.69 Å². The normalized spacial score (nSPS) is 10.5. The quantitative estimate of drug-likeness (QED) is 0.856. The van der Waals surface area contributed by atoms with Gasteiger partial charge in [0.05, 0.1) is 11.4 Å². The molecule has 0 amide bonds. The van der Waals surface area contributed by atoms with E-state index in [0.29, 0.717) is 17.1 Å². The van der Waals surface area contributed by atoms with E-state index >= 15 is 0 Å². The van der Waals surface area contributed by atoms with Gasteiger partial charge in [-0.3, -0.25) is 4.68 Å². The average Bonchev–Trinajstić information content (AvgIpc) is 2.61. The standard InChI is InChI=1S/C14H17N3O2/c1-9-5-4-6-11(7-9)8-19-14(18)13-12(15)10(2)16-17(13)3/h4-7H,8,15H2,1-3H3. The molecule has 2 rings (SSSR count). The van der Waals surface area contributed by atoms with Crippen LogP contribution in [0.1, 0.15) is 27.3 Å². The fraction of sp³-hybridized carbons (Fsp3) is 0.286. The number of ether oxygens (including phenoxy) is 1. The number of carbonyl (C=O) groups is 1. The van der Waals surface area contributed by atoms with Crippen molar-refractivity contribution in [2.75, 3.05) is 5.73 Å². The lowest BCUT2D eigenvalue weighted by Crippen LogP contribution is -2.12. The zero-order valence-electron chi connectivity index (χ0n) is 11.3. The highest BCUT2D eigenvalue weighted by Gasteiger charge is 2.19. The molecule has 0 aliphatic carbocycles. The average molecular weight is 259 g/mol. The molecule has 0 spiro atoms. The summed E-state index contributed by atoms with van der Waals surface area (Å²) >= 11 is 0. The number of nitrogen functional groups attached to an aromatic ring is 1. The van der Waals surface area contributed by atoms with Crippen LogP contribution in [0.2, 0.25) is 0 Å². The Balaban J connectivity index is 2.10. The molecule has 0 atom stereocenters. The highest BCUT2D eigenvalue weighted by Crippen LogP contribution is 2.17. The molecule has 5 heteroatoms. The number of carbonyl (C=O) groups excluding carboxylic acids is 1. The minimum absolute atomic E-state index is 0.226. The maximum atomic E-state index is 12.0. The van der Waals surface area contributed by atoms with Gasteiger partial charge < -0.3 is 10.5 Å². The van der Waals surface area contributed by atoms with Gasteiger partial charge in [-0.05, 0) is 19.4 Å². The Morgan fingerprint density at radius 2 is 2.16 bits per heavy atom. The Kier molecular flexibility index (Phi) is 3.55. The molecular weight excluding hydrogens is 242 g/mol. The van der Waals surface area contributed by atoms with E-state index in [1.165, 1.54) is 4.68 Å². The number of hydrogen-bond acceptors (Lipinski definition) is 4. The summed E-state index contributed by atoms with van der Waals surface area (Å²) < 4.78 is 6.71. The van der Waals surface area contributed by atoms with Crippen molar-refractivity contribution in [1.82, 2.24) is 9.78 Å². The van der Waals surface area contributed by atoms with Crippen LogP contribution in [0.3, 0.4) is 0 Å². The van der Waals surface area contributed by atoms with E-state index in [-0.39, 0.29) is 6.61 Å². The molecule has 1 heterocycles. The number of aryl methyl sites for hydroxylation is 3. The summed E-state index contributed by atoms with van der Waals surface area (Å²) in [6.07, 6.45) is 0. The van der Waals surface area contributed by atoms with Crippen LogP contribution in [0, 0.1) is 13.8 Å². The molecule has 100 valence electrons. The van der Waals surface area contributed by atoms with Crippen molar-refractivity contribution in [3.05, 3.63) is 46.8 Å². The molecule has 0 radical (unpaired) electrons. The van der Waals surface area contributed by atoms with E-state index in [9.17, 15) is 4.79 Å². The molecule has 0 bridgehead atoms. The number of nitrogens with zero attached hydrogens (tertiary/aromatic N) is 2. The van der Waals surface area contributed by atoms with Crippen LogP contribution in [0.25, 0.3) is 0 Å². The van der Waals surface area contributed by atoms with Crippen molar-refractivity contribution in [3.8, 4) is 0 Å². The molecule has 19 heavy (non-hydrogen) atoms. The summed E-state index contributed by atoms with van der Waals surface area (Å²) in [6, 6.07) is 7.82. The lowest BCUT2D eigenvalue weighted by atomic mass is 10.1. The molecule has 0 aliphatic rings. The first-order chi connectivity index (χ1) is 8.99. The third kappa shape index (κ3) is 2.76. The molecule has 0 unspecified atom stereocenters. The second-order valence-electron chi connectivity index (χ2n) is 4.54. The lowest BCUT2D eigenvalue weighted by molar-refractivity contribution is 0.0461. The number of anilines is 1. The number of esters is 1. The predicted octanol–water partition coefficient (Wildman–Crippen LogP) is 1.98. The number of rotatable bonds is 3. The molecule has 0 saturated carbocycles. The Hall–Kier alpha value is -2.30. The molecule has 2 N–H and O–H groups in total. The molecule has 2 aromatic rings. The molecule has 5 nitrogen and oxygen atoms in total. The summed E-state index contributed by atoms with van der Waals surface area (Å²) in [4.78, 5) is 12.0. The van der Waals surface area contributed by atoms with E-state index in [0.717, 1.165) is 11.1 Å². The maximum absolute atomic E-state index is 12.0. The lowest BCUT2D eigenvalue weighted by Gasteiger charge is -2.06. The van der Waals surface area contributed by atoms with Crippen molar-refractivity contribution in [2.45, 2.75) is 20.5 Å². The monoisotopic (exact) mass is 259 g/mol. The minimum atomic E-state index is -0.456. The summed E-state index contributed by atoms with van der Waals surface area (Å²) in [5.74, 6) is -0.456. The zero-order chi connectivity index (χ0) is 14.0. The fourth-order valence-corrected chi connectivity index (χ4v) is 1.94. The van der Waals surface area contributed by atoms with Crippen molar-refractivity contribution in [3.63, 3.8) is 0 Å². The topological polar surface area (TPSA) is 70.1 Å². The zero-order valence-corrected chi connectivity index (χ0v) is 11.3. The predicted molar refractivity (Wildman–Crippen MR) is 72.7 cm³/mol. The summed E-state index contributed by atoms with van der Waals surface area (Å²) in [5, 5.41) is 4.09. The third-order valence-corrected chi connectivity index (χ3v) is 2.91. The largest absolute Gasteiger partial charge is 0.456 e. The third-order valence-electron chi connectivity index (χ3n) is 2.91. The first-order valence-electron chi connectivity index (χ1n) is 6.00. The Morgan fingerprint density at radius 1 is 1.42 bits per heavy atom. The summed E-state index contributed by atoms with van der Waals surface area (Å²) in [5.41, 5.74) is 9.19. The Labute approximate surface area is 112 Å². The molecular formula is C14H17N3O2. The van der Waals surface area contributed by atoms with Gasteiger partial charge in [-0.2, -0.15) is 5.10 Å². The van der Waals surface area contributed by atoms with E-state index < -0.39 is 5.97 Å². The van der Waals surface area contributed by atoms with Crippen molar-refractivity contribution in [2.24, 2.45) is 7.05 Å². The van der Waals surface area contributed by atoms with Gasteiger partial charge in [-0.1, -0.05) is 29.8 Å². The first kappa shape index (κ1) is 13.1. The van der Waals surface area contributed by atoms with Crippen molar-refractivity contribution < 1.29 is 9.53 Å². The summed E-state index contributed by atoms with van der Waals surface area (Å²) in [6.45, 7) is 3.98. The Bertz CT molecular complexity index is 617. The van der Waals surface area contributed by atoms with E-state index in [1.807, 2.05) is 31.2 Å². The number of aromatic nitrogens is 2. The van der Waals surface area contributed by atoms with E-state index in [2.05, 4.69) is 5.10 Å². The summed E-state index contributed by atoms with van der Waals surface area (Å²) in [7, 11) is 1.67. The number of hydrogen-bond donors (Lipinski definition) is 1.